The lowest BCUT2D eigenvalue weighted by molar-refractivity contribution is 0.554. The molecule has 2 heterocycles. The third-order valence-corrected chi connectivity index (χ3v) is 5.95. The predicted molar refractivity (Wildman–Crippen MR) is 96.7 cm³/mol. The minimum Gasteiger partial charge on any atom is -0.406 e. The zero-order valence-corrected chi connectivity index (χ0v) is 16.0. The molecule has 0 bridgehead atoms. The Bertz CT molecular complexity index is 1110. The molecule has 0 saturated carbocycles. The van der Waals surface area contributed by atoms with Crippen LogP contribution in [0.4, 0.5) is 11.6 Å². The Morgan fingerprint density at radius 1 is 1.32 bits per heavy atom. The lowest BCUT2D eigenvalue weighted by Crippen LogP contribution is -2.16. The summed E-state index contributed by atoms with van der Waals surface area (Å²) in [5.41, 5.74) is 0.387. The Kier molecular flexibility index (Phi) is 4.47. The molecule has 0 radical (unpaired) electrons. The van der Waals surface area contributed by atoms with E-state index < -0.39 is 15.8 Å². The molecule has 0 atom stereocenters. The summed E-state index contributed by atoms with van der Waals surface area (Å²) in [4.78, 5) is 23.2. The lowest BCUT2D eigenvalue weighted by atomic mass is 10.3. The predicted octanol–water partition coefficient (Wildman–Crippen LogP) is 2.19. The maximum Gasteiger partial charge on any atom is 0.417 e. The number of nitrogens with zero attached hydrogens (tertiary/aromatic N) is 3. The fraction of sp³-hybridized carbons (Fsp3) is 0.154. The van der Waals surface area contributed by atoms with Crippen LogP contribution in [0.5, 0.6) is 0 Å². The van der Waals surface area contributed by atoms with Crippen LogP contribution < -0.4 is 15.4 Å². The van der Waals surface area contributed by atoms with Crippen LogP contribution in [0.3, 0.4) is 0 Å². The topological polar surface area (TPSA) is 121 Å². The molecule has 0 unspecified atom stereocenters. The highest BCUT2D eigenvalue weighted by atomic mass is 79.9. The second-order valence-electron chi connectivity index (χ2n) is 5.16. The van der Waals surface area contributed by atoms with Crippen LogP contribution in [0.1, 0.15) is 0 Å². The molecule has 0 fully saturated rings. The number of aromatic nitrogens is 3. The number of oxazole rings is 1. The molecule has 0 aliphatic carbocycles. The Labute approximate surface area is 155 Å². The average molecular weight is 449 g/mol. The minimum atomic E-state index is -4.09. The van der Waals surface area contributed by atoms with Crippen molar-refractivity contribution >= 4 is 60.3 Å². The fourth-order valence-electron chi connectivity index (χ4n) is 2.06. The van der Waals surface area contributed by atoms with Gasteiger partial charge in [-0.25, -0.2) is 23.2 Å². The van der Waals surface area contributed by atoms with Crippen molar-refractivity contribution in [3.05, 3.63) is 38.5 Å². The first-order valence-corrected chi connectivity index (χ1v) is 9.37. The van der Waals surface area contributed by atoms with E-state index in [1.807, 2.05) is 0 Å². The van der Waals surface area contributed by atoms with E-state index in [0.717, 1.165) is 0 Å². The molecule has 0 saturated heterocycles. The quantitative estimate of drug-likeness (QED) is 0.627. The van der Waals surface area contributed by atoms with E-state index in [1.165, 1.54) is 18.5 Å². The molecule has 25 heavy (non-hydrogen) atoms. The van der Waals surface area contributed by atoms with Crippen LogP contribution >= 0.6 is 27.5 Å². The number of hydrogen-bond donors (Lipinski definition) is 2. The van der Waals surface area contributed by atoms with Crippen molar-refractivity contribution in [3.63, 3.8) is 0 Å². The maximum absolute atomic E-state index is 12.7. The van der Waals surface area contributed by atoms with Crippen LogP contribution in [0.25, 0.3) is 11.1 Å². The maximum atomic E-state index is 12.7. The second-order valence-corrected chi connectivity index (χ2v) is 8.02. The summed E-state index contributed by atoms with van der Waals surface area (Å²) < 4.78 is 32.8. The second kappa shape index (κ2) is 6.32. The average Bonchev–Trinajstić information content (AvgIpc) is 2.87. The number of H-pyrrole nitrogens is 1. The van der Waals surface area contributed by atoms with Gasteiger partial charge in [0.25, 0.3) is 10.0 Å². The number of aromatic amines is 1. The Morgan fingerprint density at radius 2 is 1.96 bits per heavy atom. The molecule has 0 aliphatic heterocycles. The van der Waals surface area contributed by atoms with Gasteiger partial charge in [0.2, 0.25) is 5.95 Å². The van der Waals surface area contributed by atoms with Crippen molar-refractivity contribution in [1.82, 2.24) is 15.0 Å². The first kappa shape index (κ1) is 17.7. The lowest BCUT2D eigenvalue weighted by Gasteiger charge is -2.12. The van der Waals surface area contributed by atoms with Gasteiger partial charge in [0.05, 0.1) is 23.6 Å². The van der Waals surface area contributed by atoms with Gasteiger partial charge in [-0.3, -0.25) is 9.71 Å². The molecule has 0 amide bonds. The summed E-state index contributed by atoms with van der Waals surface area (Å²) in [7, 11) is -0.569. The summed E-state index contributed by atoms with van der Waals surface area (Å²) in [6.07, 6.45) is 2.66. The zero-order chi connectivity index (χ0) is 18.4. The van der Waals surface area contributed by atoms with Gasteiger partial charge in [-0.1, -0.05) is 11.6 Å². The summed E-state index contributed by atoms with van der Waals surface area (Å²) >= 11 is 9.29. The van der Waals surface area contributed by atoms with Gasteiger partial charge >= 0.3 is 5.76 Å². The zero-order valence-electron chi connectivity index (χ0n) is 12.9. The molecule has 3 rings (SSSR count). The Hall–Kier alpha value is -2.11. The number of anilines is 2. The highest BCUT2D eigenvalue weighted by molar-refractivity contribution is 9.10. The Balaban J connectivity index is 2.05. The molecule has 0 aliphatic rings. The molecular formula is C13H11BrClN5O4S. The molecular weight excluding hydrogens is 438 g/mol. The van der Waals surface area contributed by atoms with Crippen molar-refractivity contribution in [2.45, 2.75) is 4.90 Å². The van der Waals surface area contributed by atoms with Crippen LogP contribution in [-0.4, -0.2) is 37.5 Å². The van der Waals surface area contributed by atoms with Gasteiger partial charge < -0.3 is 9.32 Å². The smallest absolute Gasteiger partial charge is 0.406 e. The van der Waals surface area contributed by atoms with E-state index in [-0.39, 0.29) is 31.2 Å². The van der Waals surface area contributed by atoms with Crippen molar-refractivity contribution < 1.29 is 12.8 Å². The van der Waals surface area contributed by atoms with Crippen LogP contribution in [0.15, 0.2) is 37.0 Å². The van der Waals surface area contributed by atoms with Gasteiger partial charge in [-0.15, -0.1) is 0 Å². The third-order valence-electron chi connectivity index (χ3n) is 3.12. The van der Waals surface area contributed by atoms with E-state index >= 15 is 0 Å². The van der Waals surface area contributed by atoms with E-state index in [0.29, 0.717) is 5.95 Å². The fourth-order valence-corrected chi connectivity index (χ4v) is 4.95. The molecule has 9 nitrogen and oxygen atoms in total. The molecule has 12 heteroatoms. The largest absolute Gasteiger partial charge is 0.417 e. The van der Waals surface area contributed by atoms with Crippen LogP contribution in [-0.2, 0) is 10.0 Å². The van der Waals surface area contributed by atoms with Crippen LogP contribution in [0, 0.1) is 0 Å². The molecule has 1 aromatic carbocycles. The van der Waals surface area contributed by atoms with Gasteiger partial charge in [0, 0.05) is 18.6 Å². The normalized spacial score (nSPS) is 11.7. The van der Waals surface area contributed by atoms with Crippen molar-refractivity contribution in [2.24, 2.45) is 0 Å². The van der Waals surface area contributed by atoms with Gasteiger partial charge in [0.1, 0.15) is 9.92 Å². The summed E-state index contributed by atoms with van der Waals surface area (Å²) in [6, 6.07) is 1.40. The van der Waals surface area contributed by atoms with Crippen molar-refractivity contribution in [2.75, 3.05) is 23.7 Å². The number of halogens is 2. The van der Waals surface area contributed by atoms with Gasteiger partial charge in [0.15, 0.2) is 5.58 Å². The third kappa shape index (κ3) is 3.34. The highest BCUT2D eigenvalue weighted by Gasteiger charge is 2.26. The van der Waals surface area contributed by atoms with Crippen molar-refractivity contribution in [1.29, 1.82) is 0 Å². The number of fused-ring (bicyclic) bond motifs is 1. The summed E-state index contributed by atoms with van der Waals surface area (Å²) in [6.45, 7) is 0. The van der Waals surface area contributed by atoms with E-state index in [2.05, 4.69) is 35.6 Å². The first-order chi connectivity index (χ1) is 11.7. The highest BCUT2D eigenvalue weighted by Crippen LogP contribution is 2.36. The van der Waals surface area contributed by atoms with E-state index in [1.54, 1.807) is 19.0 Å². The number of benzene rings is 1. The van der Waals surface area contributed by atoms with Gasteiger partial charge in [-0.05, 0) is 22.0 Å². The molecule has 0 spiro atoms. The summed E-state index contributed by atoms with van der Waals surface area (Å²) in [5, 5.41) is -0.221. The molecule has 132 valence electrons. The number of hydrogen-bond acceptors (Lipinski definition) is 7. The molecule has 2 N–H and O–H groups in total. The SMILES string of the molecule is CN(C)c1ncc(NS(=O)(=O)c2c(Br)cc3[nH]c(=O)oc3c2Cl)cn1. The number of rotatable bonds is 4. The number of sulfonamides is 1. The molecule has 2 aromatic heterocycles. The summed E-state index contributed by atoms with van der Waals surface area (Å²) in [5.74, 6) is -0.309. The number of nitrogens with one attached hydrogen (secondary N) is 2. The molecule has 3 aromatic rings. The standard InChI is InChI=1S/C13H11BrClN5O4S/c1-20(2)12-16-4-6(5-17-12)19-25(22,23)11-7(14)3-8-10(9(11)15)24-13(21)18-8/h3-5,19H,1-2H3,(H,18,21). The van der Waals surface area contributed by atoms with Crippen LogP contribution in [0.2, 0.25) is 5.02 Å². The van der Waals surface area contributed by atoms with Crippen molar-refractivity contribution in [3.8, 4) is 0 Å². The Morgan fingerprint density at radius 3 is 2.56 bits per heavy atom. The van der Waals surface area contributed by atoms with E-state index in [4.69, 9.17) is 16.0 Å². The minimum absolute atomic E-state index is 0.0468. The van der Waals surface area contributed by atoms with Gasteiger partial charge in [-0.2, -0.15) is 0 Å². The monoisotopic (exact) mass is 447 g/mol. The first-order valence-electron chi connectivity index (χ1n) is 6.72. The van der Waals surface area contributed by atoms with E-state index in [9.17, 15) is 13.2 Å².